The van der Waals surface area contributed by atoms with Crippen LogP contribution in [0.3, 0.4) is 0 Å². The summed E-state index contributed by atoms with van der Waals surface area (Å²) < 4.78 is 0. The monoisotopic (exact) mass is 500 g/mol. The topological polar surface area (TPSA) is 49.3 Å². The smallest absolute Gasteiger partial charge is 0.190 e. The van der Waals surface area contributed by atoms with Gasteiger partial charge in [0.1, 0.15) is 0 Å². The van der Waals surface area contributed by atoms with Gasteiger partial charge in [-0.15, -0.1) is 24.0 Å². The number of nitrogens with one attached hydrogen (secondary N) is 2. The predicted molar refractivity (Wildman–Crippen MR) is 132 cm³/mol. The lowest BCUT2D eigenvalue weighted by Crippen LogP contribution is -2.39. The number of halogens is 1. The maximum atomic E-state index is 4.35. The first-order valence-electron chi connectivity index (χ1n) is 9.81. The number of rotatable bonds is 8. The van der Waals surface area contributed by atoms with Gasteiger partial charge in [-0.25, -0.2) is 0 Å². The number of nitrogens with zero attached hydrogens (tertiary/aromatic N) is 2. The number of guanidine groups is 1. The Morgan fingerprint density at radius 1 is 0.828 bits per heavy atom. The van der Waals surface area contributed by atoms with Gasteiger partial charge in [-0.2, -0.15) is 0 Å². The molecule has 3 rings (SSSR count). The fourth-order valence-corrected chi connectivity index (χ4v) is 3.31. The minimum absolute atomic E-state index is 0. The van der Waals surface area contributed by atoms with Gasteiger partial charge in [0.15, 0.2) is 5.96 Å². The van der Waals surface area contributed by atoms with Crippen LogP contribution in [0.1, 0.15) is 29.2 Å². The van der Waals surface area contributed by atoms with Crippen molar-refractivity contribution in [2.45, 2.75) is 18.8 Å². The maximum Gasteiger partial charge on any atom is 0.190 e. The summed E-state index contributed by atoms with van der Waals surface area (Å²) in [5.74, 6) is 1.19. The Kier molecular flexibility index (Phi) is 10.2. The van der Waals surface area contributed by atoms with E-state index in [1.165, 1.54) is 11.1 Å². The first-order valence-corrected chi connectivity index (χ1v) is 9.81. The minimum Gasteiger partial charge on any atom is -0.356 e. The third kappa shape index (κ3) is 7.49. The molecule has 0 aliphatic rings. The highest BCUT2D eigenvalue weighted by molar-refractivity contribution is 14.0. The zero-order chi connectivity index (χ0) is 19.4. The Bertz CT molecular complexity index is 799. The molecule has 0 unspecified atom stereocenters. The highest BCUT2D eigenvalue weighted by Crippen LogP contribution is 2.27. The van der Waals surface area contributed by atoms with Gasteiger partial charge < -0.3 is 10.6 Å². The van der Waals surface area contributed by atoms with Gasteiger partial charge in [0.05, 0.1) is 0 Å². The van der Waals surface area contributed by atoms with Gasteiger partial charge >= 0.3 is 0 Å². The van der Waals surface area contributed by atoms with Crippen molar-refractivity contribution in [1.29, 1.82) is 0 Å². The maximum absolute atomic E-state index is 4.35. The van der Waals surface area contributed by atoms with Crippen molar-refractivity contribution in [2.75, 3.05) is 20.1 Å². The molecule has 0 bridgehead atoms. The van der Waals surface area contributed by atoms with Crippen LogP contribution in [-0.2, 0) is 6.42 Å². The lowest BCUT2D eigenvalue weighted by atomic mass is 9.88. The third-order valence-electron chi connectivity index (χ3n) is 4.75. The van der Waals surface area contributed by atoms with Crippen LogP contribution in [0.4, 0.5) is 0 Å². The van der Waals surface area contributed by atoms with Crippen molar-refractivity contribution in [3.8, 4) is 0 Å². The normalized spacial score (nSPS) is 11.0. The van der Waals surface area contributed by atoms with Gasteiger partial charge in [-0.1, -0.05) is 66.7 Å². The summed E-state index contributed by atoms with van der Waals surface area (Å²) in [6.45, 7) is 1.65. The second kappa shape index (κ2) is 12.9. The van der Waals surface area contributed by atoms with Gasteiger partial charge in [-0.05, 0) is 29.7 Å². The molecule has 2 N–H and O–H groups in total. The summed E-state index contributed by atoms with van der Waals surface area (Å²) >= 11 is 0. The van der Waals surface area contributed by atoms with Crippen LogP contribution >= 0.6 is 24.0 Å². The zero-order valence-corrected chi connectivity index (χ0v) is 19.1. The standard InChI is InChI=1S/C24H28N4.HI/c1-25-24(27-18-15-22-14-8-9-17-26-22)28-19-16-23(20-10-4-2-5-11-20)21-12-6-3-7-13-21;/h2-14,17,23H,15-16,18-19H2,1H3,(H2,25,27,28);1H. The molecule has 0 aliphatic heterocycles. The molecular formula is C24H29IN4. The number of benzene rings is 2. The fraction of sp³-hybridized carbons (Fsp3) is 0.250. The summed E-state index contributed by atoms with van der Waals surface area (Å²) in [6.07, 6.45) is 3.70. The summed E-state index contributed by atoms with van der Waals surface area (Å²) in [6, 6.07) is 27.4. The lowest BCUT2D eigenvalue weighted by Gasteiger charge is -2.19. The minimum atomic E-state index is 0. The van der Waals surface area contributed by atoms with E-state index in [-0.39, 0.29) is 24.0 Å². The Hall–Kier alpha value is -2.41. The van der Waals surface area contributed by atoms with Crippen LogP contribution < -0.4 is 10.6 Å². The molecule has 0 saturated carbocycles. The SMILES string of the molecule is CN=C(NCCc1ccccn1)NCCC(c1ccccc1)c1ccccc1.I. The molecule has 1 aromatic heterocycles. The molecular weight excluding hydrogens is 471 g/mol. The van der Waals surface area contributed by atoms with Crippen molar-refractivity contribution in [2.24, 2.45) is 4.99 Å². The van der Waals surface area contributed by atoms with E-state index in [9.17, 15) is 0 Å². The summed E-state index contributed by atoms with van der Waals surface area (Å²) in [4.78, 5) is 8.69. The molecule has 152 valence electrons. The molecule has 0 fully saturated rings. The van der Waals surface area contributed by atoms with Gasteiger partial charge in [0.2, 0.25) is 0 Å². The highest BCUT2D eigenvalue weighted by atomic mass is 127. The van der Waals surface area contributed by atoms with Crippen LogP contribution in [0.2, 0.25) is 0 Å². The van der Waals surface area contributed by atoms with Crippen molar-refractivity contribution in [1.82, 2.24) is 15.6 Å². The Morgan fingerprint density at radius 3 is 1.97 bits per heavy atom. The van der Waals surface area contributed by atoms with Crippen LogP contribution in [0.25, 0.3) is 0 Å². The fourth-order valence-electron chi connectivity index (χ4n) is 3.31. The van der Waals surface area contributed by atoms with E-state index >= 15 is 0 Å². The molecule has 0 saturated heterocycles. The second-order valence-corrected chi connectivity index (χ2v) is 6.66. The number of pyridine rings is 1. The van der Waals surface area contributed by atoms with Crippen molar-refractivity contribution < 1.29 is 0 Å². The Morgan fingerprint density at radius 2 is 1.41 bits per heavy atom. The average Bonchev–Trinajstić information content (AvgIpc) is 2.77. The quantitative estimate of drug-likeness (QED) is 0.270. The number of aliphatic imine (C=N–C) groups is 1. The van der Waals surface area contributed by atoms with Gasteiger partial charge in [0.25, 0.3) is 0 Å². The molecule has 3 aromatic rings. The molecule has 4 nitrogen and oxygen atoms in total. The molecule has 0 aliphatic carbocycles. The molecule has 0 spiro atoms. The summed E-state index contributed by atoms with van der Waals surface area (Å²) in [7, 11) is 1.81. The molecule has 5 heteroatoms. The van der Waals surface area contributed by atoms with E-state index < -0.39 is 0 Å². The van der Waals surface area contributed by atoms with Crippen LogP contribution in [-0.4, -0.2) is 31.1 Å². The number of hydrogen-bond acceptors (Lipinski definition) is 2. The van der Waals surface area contributed by atoms with Crippen molar-refractivity contribution in [3.63, 3.8) is 0 Å². The predicted octanol–water partition coefficient (Wildman–Crippen LogP) is 4.63. The largest absolute Gasteiger partial charge is 0.356 e. The van der Waals surface area contributed by atoms with Crippen molar-refractivity contribution >= 4 is 29.9 Å². The molecule has 0 radical (unpaired) electrons. The lowest BCUT2D eigenvalue weighted by molar-refractivity contribution is 0.677. The number of hydrogen-bond donors (Lipinski definition) is 2. The first-order chi connectivity index (χ1) is 13.9. The van der Waals surface area contributed by atoms with Gasteiger partial charge in [-0.3, -0.25) is 9.98 Å². The summed E-state index contributed by atoms with van der Waals surface area (Å²) in [5.41, 5.74) is 3.76. The Labute approximate surface area is 190 Å². The summed E-state index contributed by atoms with van der Waals surface area (Å²) in [5, 5.41) is 6.81. The number of aromatic nitrogens is 1. The molecule has 0 amide bonds. The van der Waals surface area contributed by atoms with E-state index in [0.29, 0.717) is 5.92 Å². The second-order valence-electron chi connectivity index (χ2n) is 6.66. The third-order valence-corrected chi connectivity index (χ3v) is 4.75. The zero-order valence-electron chi connectivity index (χ0n) is 16.8. The molecule has 1 heterocycles. The van der Waals surface area contributed by atoms with E-state index in [4.69, 9.17) is 0 Å². The van der Waals surface area contributed by atoms with E-state index in [2.05, 4.69) is 81.3 Å². The first kappa shape index (κ1) is 22.9. The molecule has 29 heavy (non-hydrogen) atoms. The average molecular weight is 500 g/mol. The van der Waals surface area contributed by atoms with E-state index in [1.54, 1.807) is 0 Å². The van der Waals surface area contributed by atoms with E-state index in [0.717, 1.165) is 37.6 Å². The van der Waals surface area contributed by atoms with Crippen LogP contribution in [0, 0.1) is 0 Å². The Balaban J connectivity index is 0.00000300. The molecule has 0 atom stereocenters. The van der Waals surface area contributed by atoms with Crippen molar-refractivity contribution in [3.05, 3.63) is 102 Å². The highest BCUT2D eigenvalue weighted by Gasteiger charge is 2.13. The molecule has 2 aromatic carbocycles. The van der Waals surface area contributed by atoms with Crippen LogP contribution in [0.15, 0.2) is 90.1 Å². The van der Waals surface area contributed by atoms with E-state index in [1.807, 2.05) is 31.4 Å². The van der Waals surface area contributed by atoms with Crippen LogP contribution in [0.5, 0.6) is 0 Å². The van der Waals surface area contributed by atoms with Gasteiger partial charge in [0, 0.05) is 44.4 Å².